The summed E-state index contributed by atoms with van der Waals surface area (Å²) in [6.07, 6.45) is 3.77. The molecule has 1 aromatic rings. The van der Waals surface area contributed by atoms with E-state index < -0.39 is 0 Å². The fraction of sp³-hybridized carbons (Fsp3) is 0.692. The first kappa shape index (κ1) is 12.1. The maximum atomic E-state index is 5.42. The lowest BCUT2D eigenvalue weighted by Crippen LogP contribution is -2.16. The predicted molar refractivity (Wildman–Crippen MR) is 68.4 cm³/mol. The predicted octanol–water partition coefficient (Wildman–Crippen LogP) is 2.78. The molecule has 0 aliphatic heterocycles. The Balaban J connectivity index is 2.04. The van der Waals surface area contributed by atoms with E-state index in [4.69, 9.17) is 4.74 Å². The third-order valence-electron chi connectivity index (χ3n) is 3.15. The van der Waals surface area contributed by atoms with E-state index in [2.05, 4.69) is 22.2 Å². The number of aromatic nitrogens is 2. The first-order valence-corrected chi connectivity index (χ1v) is 6.42. The third kappa shape index (κ3) is 3.32. The number of anilines is 1. The van der Waals surface area contributed by atoms with Crippen LogP contribution >= 0.6 is 0 Å². The number of aryl methyl sites for hydroxylation is 1. The van der Waals surface area contributed by atoms with Crippen molar-refractivity contribution in [3.05, 3.63) is 11.9 Å². The van der Waals surface area contributed by atoms with Crippen molar-refractivity contribution in [3.63, 3.8) is 0 Å². The molecule has 1 aliphatic rings. The minimum absolute atomic E-state index is 0.550. The Morgan fingerprint density at radius 1 is 1.41 bits per heavy atom. The molecule has 1 aliphatic carbocycles. The van der Waals surface area contributed by atoms with Gasteiger partial charge in [-0.2, -0.15) is 4.98 Å². The molecule has 1 saturated carbocycles. The van der Waals surface area contributed by atoms with Gasteiger partial charge in [-0.15, -0.1) is 0 Å². The number of nitrogens with one attached hydrogen (secondary N) is 1. The highest BCUT2D eigenvalue weighted by atomic mass is 16.5. The molecule has 0 radical (unpaired) electrons. The van der Waals surface area contributed by atoms with E-state index in [0.29, 0.717) is 18.5 Å². The first-order valence-electron chi connectivity index (χ1n) is 6.42. The van der Waals surface area contributed by atoms with E-state index >= 15 is 0 Å². The maximum Gasteiger partial charge on any atom is 0.218 e. The van der Waals surface area contributed by atoms with Crippen LogP contribution in [0.15, 0.2) is 6.07 Å². The second kappa shape index (κ2) is 5.34. The van der Waals surface area contributed by atoms with Crippen LogP contribution in [0.1, 0.15) is 38.9 Å². The summed E-state index contributed by atoms with van der Waals surface area (Å²) in [7, 11) is 0. The van der Waals surface area contributed by atoms with E-state index in [1.54, 1.807) is 0 Å². The lowest BCUT2D eigenvalue weighted by atomic mass is 10.1. The summed E-state index contributed by atoms with van der Waals surface area (Å²) < 4.78 is 5.42. The SMILES string of the molecule is CCOc1cc(NC2CCC(C)C2)nc(C)n1. The van der Waals surface area contributed by atoms with Crippen molar-refractivity contribution >= 4 is 5.82 Å². The molecule has 2 rings (SSSR count). The zero-order valence-electron chi connectivity index (χ0n) is 10.9. The fourth-order valence-electron chi connectivity index (χ4n) is 2.38. The van der Waals surface area contributed by atoms with Crippen LogP contribution < -0.4 is 10.1 Å². The summed E-state index contributed by atoms with van der Waals surface area (Å²) in [4.78, 5) is 8.64. The van der Waals surface area contributed by atoms with E-state index in [1.807, 2.05) is 19.9 Å². The van der Waals surface area contributed by atoms with Crippen LogP contribution in [0.3, 0.4) is 0 Å². The van der Waals surface area contributed by atoms with Gasteiger partial charge in [-0.1, -0.05) is 6.92 Å². The number of ether oxygens (including phenoxy) is 1. The van der Waals surface area contributed by atoms with E-state index in [0.717, 1.165) is 17.6 Å². The molecule has 2 atom stereocenters. The average Bonchev–Trinajstić information content (AvgIpc) is 2.63. The van der Waals surface area contributed by atoms with Crippen molar-refractivity contribution in [3.8, 4) is 5.88 Å². The Morgan fingerprint density at radius 3 is 2.88 bits per heavy atom. The highest BCUT2D eigenvalue weighted by Crippen LogP contribution is 2.27. The molecule has 1 aromatic heterocycles. The van der Waals surface area contributed by atoms with Crippen LogP contribution in [0.4, 0.5) is 5.82 Å². The molecule has 1 heterocycles. The Hall–Kier alpha value is -1.32. The minimum Gasteiger partial charge on any atom is -0.478 e. The Labute approximate surface area is 103 Å². The molecule has 17 heavy (non-hydrogen) atoms. The molecule has 0 saturated heterocycles. The van der Waals surface area contributed by atoms with Crippen molar-refractivity contribution in [2.24, 2.45) is 5.92 Å². The minimum atomic E-state index is 0.550. The Bertz CT molecular complexity index is 381. The number of nitrogens with zero attached hydrogens (tertiary/aromatic N) is 2. The van der Waals surface area contributed by atoms with Crippen LogP contribution in [0, 0.1) is 12.8 Å². The standard InChI is InChI=1S/C13H21N3O/c1-4-17-13-8-12(14-10(3)15-13)16-11-6-5-9(2)7-11/h8-9,11H,4-7H2,1-3H3,(H,14,15,16). The summed E-state index contributed by atoms with van der Waals surface area (Å²) in [6.45, 7) is 6.79. The second-order valence-corrected chi connectivity index (χ2v) is 4.83. The molecule has 0 amide bonds. The third-order valence-corrected chi connectivity index (χ3v) is 3.15. The zero-order valence-corrected chi connectivity index (χ0v) is 10.9. The monoisotopic (exact) mass is 235 g/mol. The van der Waals surface area contributed by atoms with Gasteiger partial charge >= 0.3 is 0 Å². The molecule has 0 spiro atoms. The number of rotatable bonds is 4. The van der Waals surface area contributed by atoms with Gasteiger partial charge in [-0.25, -0.2) is 4.98 Å². The first-order chi connectivity index (χ1) is 8.17. The molecular weight excluding hydrogens is 214 g/mol. The summed E-state index contributed by atoms with van der Waals surface area (Å²) >= 11 is 0. The highest BCUT2D eigenvalue weighted by Gasteiger charge is 2.21. The van der Waals surface area contributed by atoms with E-state index in [1.165, 1.54) is 19.3 Å². The van der Waals surface area contributed by atoms with Crippen molar-refractivity contribution < 1.29 is 4.74 Å². The molecule has 94 valence electrons. The molecule has 0 bridgehead atoms. The summed E-state index contributed by atoms with van der Waals surface area (Å²) in [5.74, 6) is 3.12. The molecular formula is C13H21N3O. The van der Waals surface area contributed by atoms with Crippen LogP contribution in [-0.2, 0) is 0 Å². The van der Waals surface area contributed by atoms with Crippen LogP contribution in [-0.4, -0.2) is 22.6 Å². The number of hydrogen-bond donors (Lipinski definition) is 1. The lowest BCUT2D eigenvalue weighted by Gasteiger charge is -2.14. The zero-order chi connectivity index (χ0) is 12.3. The summed E-state index contributed by atoms with van der Waals surface area (Å²) in [5, 5.41) is 3.48. The van der Waals surface area contributed by atoms with Gasteiger partial charge in [0, 0.05) is 12.1 Å². The van der Waals surface area contributed by atoms with Crippen molar-refractivity contribution in [1.82, 2.24) is 9.97 Å². The summed E-state index contributed by atoms with van der Waals surface area (Å²) in [5.41, 5.74) is 0. The topological polar surface area (TPSA) is 47.0 Å². The highest BCUT2D eigenvalue weighted by molar-refractivity contribution is 5.39. The Kier molecular flexibility index (Phi) is 3.82. The molecule has 0 aromatic carbocycles. The quantitative estimate of drug-likeness (QED) is 0.871. The van der Waals surface area contributed by atoms with Crippen molar-refractivity contribution in [2.75, 3.05) is 11.9 Å². The van der Waals surface area contributed by atoms with Gasteiger partial charge in [0.15, 0.2) is 0 Å². The average molecular weight is 235 g/mol. The largest absolute Gasteiger partial charge is 0.478 e. The Morgan fingerprint density at radius 2 is 2.24 bits per heavy atom. The van der Waals surface area contributed by atoms with Crippen molar-refractivity contribution in [2.45, 2.75) is 46.1 Å². The lowest BCUT2D eigenvalue weighted by molar-refractivity contribution is 0.325. The van der Waals surface area contributed by atoms with Crippen LogP contribution in [0.5, 0.6) is 5.88 Å². The molecule has 2 unspecified atom stereocenters. The summed E-state index contributed by atoms with van der Waals surface area (Å²) in [6, 6.07) is 2.44. The molecule has 4 heteroatoms. The smallest absolute Gasteiger partial charge is 0.218 e. The van der Waals surface area contributed by atoms with E-state index in [9.17, 15) is 0 Å². The van der Waals surface area contributed by atoms with E-state index in [-0.39, 0.29) is 0 Å². The van der Waals surface area contributed by atoms with Gasteiger partial charge in [-0.05, 0) is 39.0 Å². The number of hydrogen-bond acceptors (Lipinski definition) is 4. The van der Waals surface area contributed by atoms with Crippen LogP contribution in [0.25, 0.3) is 0 Å². The van der Waals surface area contributed by atoms with Gasteiger partial charge in [-0.3, -0.25) is 0 Å². The normalized spacial score (nSPS) is 23.7. The van der Waals surface area contributed by atoms with Crippen LogP contribution in [0.2, 0.25) is 0 Å². The van der Waals surface area contributed by atoms with Gasteiger partial charge in [0.05, 0.1) is 6.61 Å². The van der Waals surface area contributed by atoms with Gasteiger partial charge in [0.25, 0.3) is 0 Å². The van der Waals surface area contributed by atoms with Gasteiger partial charge in [0.1, 0.15) is 11.6 Å². The van der Waals surface area contributed by atoms with Crippen molar-refractivity contribution in [1.29, 1.82) is 0 Å². The molecule has 1 fully saturated rings. The molecule has 4 nitrogen and oxygen atoms in total. The van der Waals surface area contributed by atoms with Gasteiger partial charge < -0.3 is 10.1 Å². The maximum absolute atomic E-state index is 5.42. The fourth-order valence-corrected chi connectivity index (χ4v) is 2.38. The molecule has 1 N–H and O–H groups in total. The van der Waals surface area contributed by atoms with Gasteiger partial charge in [0.2, 0.25) is 5.88 Å². The second-order valence-electron chi connectivity index (χ2n) is 4.83.